The van der Waals surface area contributed by atoms with Crippen molar-refractivity contribution in [3.05, 3.63) is 35.9 Å². The van der Waals surface area contributed by atoms with E-state index in [2.05, 4.69) is 5.32 Å². The summed E-state index contributed by atoms with van der Waals surface area (Å²) in [5.41, 5.74) is -0.0821. The highest BCUT2D eigenvalue weighted by molar-refractivity contribution is 6.19. The first-order valence-electron chi connectivity index (χ1n) is 6.06. The van der Waals surface area contributed by atoms with E-state index in [4.69, 9.17) is 0 Å². The SMILES string of the molecule is CC(C)(C)N1C(=O)NC(=O)C(c2ccccc2)C1=O. The van der Waals surface area contributed by atoms with Crippen LogP contribution in [0.2, 0.25) is 0 Å². The Bertz CT molecular complexity index is 531. The van der Waals surface area contributed by atoms with Crippen LogP contribution in [-0.4, -0.2) is 28.3 Å². The Balaban J connectivity index is 2.43. The van der Waals surface area contributed by atoms with Crippen molar-refractivity contribution < 1.29 is 14.4 Å². The number of imide groups is 2. The Morgan fingerprint density at radius 1 is 1.05 bits per heavy atom. The fourth-order valence-electron chi connectivity index (χ4n) is 2.15. The van der Waals surface area contributed by atoms with Gasteiger partial charge in [-0.1, -0.05) is 30.3 Å². The van der Waals surface area contributed by atoms with Gasteiger partial charge in [-0.25, -0.2) is 4.79 Å². The van der Waals surface area contributed by atoms with Gasteiger partial charge in [-0.2, -0.15) is 0 Å². The second-order valence-electron chi connectivity index (χ2n) is 5.48. The molecular formula is C14H16N2O3. The number of carbonyl (C=O) groups is 3. The molecule has 4 amide bonds. The Labute approximate surface area is 111 Å². The van der Waals surface area contributed by atoms with E-state index in [1.807, 2.05) is 0 Å². The number of benzene rings is 1. The van der Waals surface area contributed by atoms with Gasteiger partial charge in [-0.05, 0) is 26.3 Å². The van der Waals surface area contributed by atoms with E-state index >= 15 is 0 Å². The number of nitrogens with zero attached hydrogens (tertiary/aromatic N) is 1. The van der Waals surface area contributed by atoms with Crippen LogP contribution < -0.4 is 5.32 Å². The lowest BCUT2D eigenvalue weighted by Gasteiger charge is -2.38. The average Bonchev–Trinajstić information content (AvgIpc) is 2.27. The molecule has 1 heterocycles. The highest BCUT2D eigenvalue weighted by atomic mass is 16.2. The topological polar surface area (TPSA) is 66.5 Å². The molecule has 1 aromatic rings. The molecule has 5 heteroatoms. The van der Waals surface area contributed by atoms with Gasteiger partial charge in [0.15, 0.2) is 0 Å². The van der Waals surface area contributed by atoms with Crippen molar-refractivity contribution in [1.82, 2.24) is 10.2 Å². The van der Waals surface area contributed by atoms with Crippen molar-refractivity contribution in [2.45, 2.75) is 32.2 Å². The third-order valence-corrected chi connectivity index (χ3v) is 2.97. The molecule has 1 unspecified atom stereocenters. The number of rotatable bonds is 1. The fourth-order valence-corrected chi connectivity index (χ4v) is 2.15. The van der Waals surface area contributed by atoms with Crippen LogP contribution in [0, 0.1) is 0 Å². The van der Waals surface area contributed by atoms with E-state index in [0.29, 0.717) is 5.56 Å². The zero-order chi connectivity index (χ0) is 14.2. The van der Waals surface area contributed by atoms with E-state index in [1.54, 1.807) is 51.1 Å². The minimum atomic E-state index is -0.960. The lowest BCUT2D eigenvalue weighted by Crippen LogP contribution is -2.62. The van der Waals surface area contributed by atoms with Crippen molar-refractivity contribution in [2.24, 2.45) is 0 Å². The number of hydrogen-bond donors (Lipinski definition) is 1. The second kappa shape index (κ2) is 4.50. The number of nitrogens with one attached hydrogen (secondary N) is 1. The molecule has 1 N–H and O–H groups in total. The number of carbonyl (C=O) groups excluding carboxylic acids is 3. The molecule has 0 radical (unpaired) electrons. The first-order chi connectivity index (χ1) is 8.82. The largest absolute Gasteiger partial charge is 0.331 e. The highest BCUT2D eigenvalue weighted by Crippen LogP contribution is 2.27. The number of barbiturate groups is 1. The maximum Gasteiger partial charge on any atom is 0.331 e. The van der Waals surface area contributed by atoms with Gasteiger partial charge in [-0.3, -0.25) is 19.8 Å². The van der Waals surface area contributed by atoms with Gasteiger partial charge in [0.1, 0.15) is 5.92 Å². The van der Waals surface area contributed by atoms with Gasteiger partial charge >= 0.3 is 6.03 Å². The molecule has 0 spiro atoms. The van der Waals surface area contributed by atoms with Gasteiger partial charge in [0.25, 0.3) is 0 Å². The van der Waals surface area contributed by atoms with Gasteiger partial charge in [0.05, 0.1) is 0 Å². The van der Waals surface area contributed by atoms with Gasteiger partial charge in [0.2, 0.25) is 11.8 Å². The summed E-state index contributed by atoms with van der Waals surface area (Å²) in [6.45, 7) is 5.26. The molecule has 0 bridgehead atoms. The second-order valence-corrected chi connectivity index (χ2v) is 5.48. The minimum absolute atomic E-state index is 0.479. The predicted octanol–water partition coefficient (Wildman–Crippen LogP) is 1.65. The highest BCUT2D eigenvalue weighted by Gasteiger charge is 2.45. The number of hydrogen-bond acceptors (Lipinski definition) is 3. The zero-order valence-corrected chi connectivity index (χ0v) is 11.1. The summed E-state index contributed by atoms with van der Waals surface area (Å²) in [5.74, 6) is -2.01. The van der Waals surface area contributed by atoms with Gasteiger partial charge < -0.3 is 0 Å². The van der Waals surface area contributed by atoms with Crippen molar-refractivity contribution in [3.63, 3.8) is 0 Å². The van der Waals surface area contributed by atoms with Crippen molar-refractivity contribution in [2.75, 3.05) is 0 Å². The first kappa shape index (κ1) is 13.3. The first-order valence-corrected chi connectivity index (χ1v) is 6.06. The van der Waals surface area contributed by atoms with Crippen LogP contribution in [0.3, 0.4) is 0 Å². The Morgan fingerprint density at radius 3 is 2.16 bits per heavy atom. The standard InChI is InChI=1S/C14H16N2O3/c1-14(2,3)16-12(18)10(11(17)15-13(16)19)9-7-5-4-6-8-9/h4-8,10H,1-3H3,(H,15,17,19). The summed E-state index contributed by atoms with van der Waals surface area (Å²) in [4.78, 5) is 37.3. The Hall–Kier alpha value is -2.17. The molecule has 1 fully saturated rings. The molecule has 100 valence electrons. The zero-order valence-electron chi connectivity index (χ0n) is 11.1. The fraction of sp³-hybridized carbons (Fsp3) is 0.357. The molecule has 0 aliphatic carbocycles. The van der Waals surface area contributed by atoms with Gasteiger partial charge in [0, 0.05) is 5.54 Å². The Kier molecular flexibility index (Phi) is 3.14. The Morgan fingerprint density at radius 2 is 1.63 bits per heavy atom. The number of urea groups is 1. The van der Waals surface area contributed by atoms with Crippen LogP contribution in [0.4, 0.5) is 4.79 Å². The summed E-state index contributed by atoms with van der Waals surface area (Å²) in [6.07, 6.45) is 0. The van der Waals surface area contributed by atoms with Gasteiger partial charge in [-0.15, -0.1) is 0 Å². The average molecular weight is 260 g/mol. The molecular weight excluding hydrogens is 244 g/mol. The monoisotopic (exact) mass is 260 g/mol. The molecule has 19 heavy (non-hydrogen) atoms. The smallest absolute Gasteiger partial charge is 0.277 e. The van der Waals surface area contributed by atoms with Crippen LogP contribution in [0.15, 0.2) is 30.3 Å². The summed E-state index contributed by atoms with van der Waals surface area (Å²) in [6, 6.07) is 8.08. The lowest BCUT2D eigenvalue weighted by molar-refractivity contribution is -0.141. The normalized spacial score (nSPS) is 20.5. The van der Waals surface area contributed by atoms with Crippen molar-refractivity contribution in [3.8, 4) is 0 Å². The molecule has 1 saturated heterocycles. The van der Waals surface area contributed by atoms with E-state index in [9.17, 15) is 14.4 Å². The van der Waals surface area contributed by atoms with E-state index in [1.165, 1.54) is 0 Å². The van der Waals surface area contributed by atoms with Crippen LogP contribution in [0.1, 0.15) is 32.3 Å². The van der Waals surface area contributed by atoms with Crippen LogP contribution in [-0.2, 0) is 9.59 Å². The summed E-state index contributed by atoms with van der Waals surface area (Å²) >= 11 is 0. The minimum Gasteiger partial charge on any atom is -0.277 e. The molecule has 1 aliphatic heterocycles. The van der Waals surface area contributed by atoms with E-state index in [-0.39, 0.29) is 0 Å². The maximum absolute atomic E-state index is 12.4. The van der Waals surface area contributed by atoms with Crippen LogP contribution in [0.25, 0.3) is 0 Å². The third-order valence-electron chi connectivity index (χ3n) is 2.97. The van der Waals surface area contributed by atoms with Crippen LogP contribution in [0.5, 0.6) is 0 Å². The lowest BCUT2D eigenvalue weighted by atomic mass is 9.92. The summed E-state index contributed by atoms with van der Waals surface area (Å²) in [7, 11) is 0. The van der Waals surface area contributed by atoms with E-state index < -0.39 is 29.3 Å². The van der Waals surface area contributed by atoms with Crippen molar-refractivity contribution >= 4 is 17.8 Å². The molecule has 0 aromatic heterocycles. The third kappa shape index (κ3) is 2.36. The molecule has 2 rings (SSSR count). The quantitative estimate of drug-likeness (QED) is 0.781. The molecule has 0 saturated carbocycles. The van der Waals surface area contributed by atoms with E-state index in [0.717, 1.165) is 4.90 Å². The summed E-state index contributed by atoms with van der Waals surface area (Å²) < 4.78 is 0. The van der Waals surface area contributed by atoms with Crippen molar-refractivity contribution in [1.29, 1.82) is 0 Å². The predicted molar refractivity (Wildman–Crippen MR) is 69.3 cm³/mol. The van der Waals surface area contributed by atoms with Crippen LogP contribution >= 0.6 is 0 Å². The maximum atomic E-state index is 12.4. The molecule has 1 atom stereocenters. The summed E-state index contributed by atoms with van der Waals surface area (Å²) in [5, 5.41) is 2.24. The molecule has 1 aromatic carbocycles. The number of amides is 4. The molecule has 5 nitrogen and oxygen atoms in total. The molecule has 1 aliphatic rings.